The van der Waals surface area contributed by atoms with Gasteiger partial charge in [0.05, 0.1) is 6.61 Å². The minimum Gasteiger partial charge on any atom is -0.395 e. The third kappa shape index (κ3) is 1.26. The number of fused-ring (bicyclic) bond motifs is 1. The maximum absolute atomic E-state index is 9.01. The summed E-state index contributed by atoms with van der Waals surface area (Å²) < 4.78 is 0. The van der Waals surface area contributed by atoms with Crippen molar-refractivity contribution in [2.24, 2.45) is 0 Å². The molecule has 0 saturated carbocycles. The first-order valence-corrected chi connectivity index (χ1v) is 4.84. The molecule has 70 valence electrons. The molecule has 0 aromatic rings. The van der Waals surface area contributed by atoms with Crippen LogP contribution in [0.5, 0.6) is 0 Å². The average Bonchev–Trinajstić information content (AvgIpc) is 2.45. The third-order valence-corrected chi connectivity index (χ3v) is 3.34. The Bertz CT molecular complexity index is 174. The van der Waals surface area contributed by atoms with E-state index in [0.717, 1.165) is 13.1 Å². The molecule has 3 nitrogen and oxygen atoms in total. The third-order valence-electron chi connectivity index (χ3n) is 3.34. The minimum atomic E-state index is 0.270. The molecule has 0 spiro atoms. The van der Waals surface area contributed by atoms with Crippen molar-refractivity contribution in [1.82, 2.24) is 10.2 Å². The Balaban J connectivity index is 2.02. The number of piperazine rings is 1. The van der Waals surface area contributed by atoms with Crippen molar-refractivity contribution in [2.75, 3.05) is 26.2 Å². The lowest BCUT2D eigenvalue weighted by Gasteiger charge is -2.43. The van der Waals surface area contributed by atoms with Crippen molar-refractivity contribution < 1.29 is 5.11 Å². The lowest BCUT2D eigenvalue weighted by molar-refractivity contribution is 0.0724. The zero-order valence-electron chi connectivity index (χ0n) is 7.71. The smallest absolute Gasteiger partial charge is 0.0597 e. The highest BCUT2D eigenvalue weighted by molar-refractivity contribution is 4.99. The van der Waals surface area contributed by atoms with Crippen LogP contribution in [-0.2, 0) is 0 Å². The fourth-order valence-corrected chi connectivity index (χ4v) is 2.41. The molecule has 2 aliphatic heterocycles. The van der Waals surface area contributed by atoms with Gasteiger partial charge in [0.2, 0.25) is 0 Å². The molecule has 0 bridgehead atoms. The van der Waals surface area contributed by atoms with Crippen LogP contribution < -0.4 is 5.32 Å². The van der Waals surface area contributed by atoms with Crippen LogP contribution in [-0.4, -0.2) is 47.8 Å². The maximum atomic E-state index is 9.01. The molecular weight excluding hydrogens is 152 g/mol. The first-order valence-electron chi connectivity index (χ1n) is 4.84. The molecule has 0 unspecified atom stereocenters. The second-order valence-electron chi connectivity index (χ2n) is 4.31. The minimum absolute atomic E-state index is 0.270. The van der Waals surface area contributed by atoms with Crippen LogP contribution in [0.3, 0.4) is 0 Å². The summed E-state index contributed by atoms with van der Waals surface area (Å²) in [5, 5.41) is 12.4. The SMILES string of the molecule is C[C@@]12CCCN1C[C@@H](CO)NC2. The Labute approximate surface area is 73.8 Å². The molecule has 2 fully saturated rings. The van der Waals surface area contributed by atoms with Crippen molar-refractivity contribution in [3.05, 3.63) is 0 Å². The quantitative estimate of drug-likeness (QED) is 0.572. The number of hydrogen-bond acceptors (Lipinski definition) is 3. The highest BCUT2D eigenvalue weighted by atomic mass is 16.3. The lowest BCUT2D eigenvalue weighted by atomic mass is 9.95. The largest absolute Gasteiger partial charge is 0.395 e. The molecule has 2 aliphatic rings. The van der Waals surface area contributed by atoms with Gasteiger partial charge in [0.15, 0.2) is 0 Å². The number of aliphatic hydroxyl groups excluding tert-OH is 1. The molecule has 0 amide bonds. The summed E-state index contributed by atoms with van der Waals surface area (Å²) in [6.07, 6.45) is 2.62. The van der Waals surface area contributed by atoms with E-state index in [9.17, 15) is 0 Å². The Hall–Kier alpha value is -0.120. The van der Waals surface area contributed by atoms with Crippen molar-refractivity contribution in [3.63, 3.8) is 0 Å². The van der Waals surface area contributed by atoms with Gasteiger partial charge in [-0.1, -0.05) is 0 Å². The van der Waals surface area contributed by atoms with Gasteiger partial charge in [-0.3, -0.25) is 4.90 Å². The molecule has 0 radical (unpaired) electrons. The van der Waals surface area contributed by atoms with Gasteiger partial charge in [-0.2, -0.15) is 0 Å². The Morgan fingerprint density at radius 3 is 3.25 bits per heavy atom. The molecule has 2 atom stereocenters. The van der Waals surface area contributed by atoms with Gasteiger partial charge >= 0.3 is 0 Å². The molecule has 2 heterocycles. The Morgan fingerprint density at radius 1 is 1.67 bits per heavy atom. The van der Waals surface area contributed by atoms with Gasteiger partial charge in [-0.05, 0) is 26.3 Å². The molecule has 2 rings (SSSR count). The van der Waals surface area contributed by atoms with E-state index in [2.05, 4.69) is 17.1 Å². The van der Waals surface area contributed by atoms with Crippen LogP contribution in [0.2, 0.25) is 0 Å². The van der Waals surface area contributed by atoms with E-state index in [1.165, 1.54) is 19.4 Å². The maximum Gasteiger partial charge on any atom is 0.0597 e. The molecular formula is C9H18N2O. The van der Waals surface area contributed by atoms with E-state index in [-0.39, 0.29) is 6.61 Å². The number of rotatable bonds is 1. The molecule has 0 aromatic heterocycles. The number of aliphatic hydroxyl groups is 1. The van der Waals surface area contributed by atoms with Crippen LogP contribution in [0.15, 0.2) is 0 Å². The zero-order chi connectivity index (χ0) is 8.60. The highest BCUT2D eigenvalue weighted by Gasteiger charge is 2.40. The molecule has 0 aromatic carbocycles. The second kappa shape index (κ2) is 2.98. The Kier molecular flexibility index (Phi) is 2.10. The predicted octanol–water partition coefficient (Wildman–Crippen LogP) is -0.195. The van der Waals surface area contributed by atoms with Crippen LogP contribution in [0, 0.1) is 0 Å². The monoisotopic (exact) mass is 170 g/mol. The van der Waals surface area contributed by atoms with Gasteiger partial charge in [-0.25, -0.2) is 0 Å². The molecule has 2 saturated heterocycles. The van der Waals surface area contributed by atoms with Gasteiger partial charge < -0.3 is 10.4 Å². The van der Waals surface area contributed by atoms with Crippen LogP contribution >= 0.6 is 0 Å². The van der Waals surface area contributed by atoms with E-state index in [1.54, 1.807) is 0 Å². The van der Waals surface area contributed by atoms with Gasteiger partial charge in [0.25, 0.3) is 0 Å². The standard InChI is InChI=1S/C9H18N2O/c1-9-3-2-4-11(9)5-8(6-12)10-7-9/h8,10,12H,2-7H2,1H3/t8-,9-/m0/s1. The second-order valence-corrected chi connectivity index (χ2v) is 4.31. The summed E-state index contributed by atoms with van der Waals surface area (Å²) in [7, 11) is 0. The normalized spacial score (nSPS) is 43.0. The Morgan fingerprint density at radius 2 is 2.50 bits per heavy atom. The summed E-state index contributed by atoms with van der Waals surface area (Å²) >= 11 is 0. The summed E-state index contributed by atoms with van der Waals surface area (Å²) in [6.45, 7) is 5.87. The summed E-state index contributed by atoms with van der Waals surface area (Å²) in [5.41, 5.74) is 0.381. The topological polar surface area (TPSA) is 35.5 Å². The van der Waals surface area contributed by atoms with Crippen LogP contribution in [0.1, 0.15) is 19.8 Å². The highest BCUT2D eigenvalue weighted by Crippen LogP contribution is 2.30. The first-order chi connectivity index (χ1) is 5.74. The molecule has 0 aliphatic carbocycles. The fourth-order valence-electron chi connectivity index (χ4n) is 2.41. The summed E-state index contributed by atoms with van der Waals surface area (Å²) in [4.78, 5) is 2.52. The van der Waals surface area contributed by atoms with E-state index >= 15 is 0 Å². The van der Waals surface area contributed by atoms with Crippen molar-refractivity contribution in [2.45, 2.75) is 31.3 Å². The van der Waals surface area contributed by atoms with Crippen molar-refractivity contribution >= 4 is 0 Å². The van der Waals surface area contributed by atoms with Crippen LogP contribution in [0.4, 0.5) is 0 Å². The fraction of sp³-hybridized carbons (Fsp3) is 1.00. The molecule has 12 heavy (non-hydrogen) atoms. The van der Waals surface area contributed by atoms with Crippen LogP contribution in [0.25, 0.3) is 0 Å². The van der Waals surface area contributed by atoms with Gasteiger partial charge in [-0.15, -0.1) is 0 Å². The van der Waals surface area contributed by atoms with E-state index in [1.807, 2.05) is 0 Å². The number of nitrogens with one attached hydrogen (secondary N) is 1. The van der Waals surface area contributed by atoms with E-state index in [0.29, 0.717) is 11.6 Å². The first kappa shape index (κ1) is 8.48. The lowest BCUT2D eigenvalue weighted by Crippen LogP contribution is -2.61. The summed E-state index contributed by atoms with van der Waals surface area (Å²) in [5.74, 6) is 0. The van der Waals surface area contributed by atoms with Gasteiger partial charge in [0, 0.05) is 24.7 Å². The number of hydrogen-bond donors (Lipinski definition) is 2. The molecule has 3 heteroatoms. The van der Waals surface area contributed by atoms with Crippen molar-refractivity contribution in [1.29, 1.82) is 0 Å². The molecule has 2 N–H and O–H groups in total. The predicted molar refractivity (Wildman–Crippen MR) is 48.1 cm³/mol. The average molecular weight is 170 g/mol. The zero-order valence-corrected chi connectivity index (χ0v) is 7.71. The van der Waals surface area contributed by atoms with E-state index < -0.39 is 0 Å². The van der Waals surface area contributed by atoms with Gasteiger partial charge in [0.1, 0.15) is 0 Å². The van der Waals surface area contributed by atoms with Crippen molar-refractivity contribution in [3.8, 4) is 0 Å². The van der Waals surface area contributed by atoms with E-state index in [4.69, 9.17) is 5.11 Å². The number of nitrogens with zero attached hydrogens (tertiary/aromatic N) is 1. The summed E-state index contributed by atoms with van der Waals surface area (Å²) in [6, 6.07) is 0.302.